The average molecular weight is 239 g/mol. The van der Waals surface area contributed by atoms with E-state index in [1.165, 1.54) is 12.8 Å². The number of carbonyl (C=O) groups excluding carboxylic acids is 1. The maximum Gasteiger partial charge on any atom is 0.231 e. The number of nitrogens with one attached hydrogen (secondary N) is 1. The van der Waals surface area contributed by atoms with Gasteiger partial charge in [0.05, 0.1) is 6.54 Å². The van der Waals surface area contributed by atoms with Crippen molar-refractivity contribution < 1.29 is 4.79 Å². The lowest BCUT2D eigenvalue weighted by molar-refractivity contribution is -0.119. The summed E-state index contributed by atoms with van der Waals surface area (Å²) >= 11 is 0. The molecule has 2 aliphatic rings. The number of piperidine rings is 1. The van der Waals surface area contributed by atoms with Crippen molar-refractivity contribution in [2.24, 2.45) is 11.1 Å². The summed E-state index contributed by atoms with van der Waals surface area (Å²) in [5.41, 5.74) is 5.75. The summed E-state index contributed by atoms with van der Waals surface area (Å²) in [4.78, 5) is 13.0. The lowest BCUT2D eigenvalue weighted by atomic mass is 9.97. The van der Waals surface area contributed by atoms with Crippen LogP contribution in [0, 0.1) is 5.41 Å². The van der Waals surface area contributed by atoms with E-state index in [0.29, 0.717) is 24.0 Å². The molecule has 0 bridgehead atoms. The van der Waals surface area contributed by atoms with Crippen molar-refractivity contribution >= 4 is 5.91 Å². The number of nitrogens with zero attached hydrogens (tertiary/aromatic N) is 1. The topological polar surface area (TPSA) is 58.4 Å². The van der Waals surface area contributed by atoms with Crippen LogP contribution in [0.25, 0.3) is 0 Å². The minimum atomic E-state index is -0.213. The molecule has 2 rings (SSSR count). The Hall–Kier alpha value is -0.610. The van der Waals surface area contributed by atoms with Crippen LogP contribution in [0.4, 0.5) is 0 Å². The number of primary amides is 1. The molecule has 1 aliphatic carbocycles. The van der Waals surface area contributed by atoms with Crippen molar-refractivity contribution in [1.29, 1.82) is 0 Å². The Balaban J connectivity index is 1.70. The first kappa shape index (κ1) is 12.8. The van der Waals surface area contributed by atoms with Crippen molar-refractivity contribution in [2.75, 3.05) is 19.6 Å². The predicted molar refractivity (Wildman–Crippen MR) is 68.6 cm³/mol. The number of likely N-dealkylation sites (tertiary alicyclic amines) is 1. The number of hydrogen-bond acceptors (Lipinski definition) is 3. The van der Waals surface area contributed by atoms with E-state index in [1.807, 2.05) is 0 Å². The third kappa shape index (κ3) is 3.42. The first-order valence-electron chi connectivity index (χ1n) is 6.76. The van der Waals surface area contributed by atoms with Gasteiger partial charge in [-0.05, 0) is 38.0 Å². The Morgan fingerprint density at radius 3 is 2.53 bits per heavy atom. The average Bonchev–Trinajstić information content (AvgIpc) is 3.00. The van der Waals surface area contributed by atoms with Gasteiger partial charge in [0.15, 0.2) is 0 Å². The molecule has 1 heterocycles. The number of amides is 1. The lowest BCUT2D eigenvalue weighted by Gasteiger charge is -2.34. The van der Waals surface area contributed by atoms with Crippen molar-refractivity contribution in [3.05, 3.63) is 0 Å². The van der Waals surface area contributed by atoms with Gasteiger partial charge in [-0.25, -0.2) is 0 Å². The van der Waals surface area contributed by atoms with Crippen LogP contribution in [0.2, 0.25) is 0 Å². The highest BCUT2D eigenvalue weighted by Gasteiger charge is 2.43. The summed E-state index contributed by atoms with van der Waals surface area (Å²) < 4.78 is 0. The molecule has 0 aromatic carbocycles. The Bertz CT molecular complexity index is 280. The molecule has 98 valence electrons. The molecular formula is C13H25N3O. The summed E-state index contributed by atoms with van der Waals surface area (Å²) in [6.45, 7) is 7.07. The third-order valence-corrected chi connectivity index (χ3v) is 4.54. The lowest BCUT2D eigenvalue weighted by Crippen LogP contribution is -2.48. The highest BCUT2D eigenvalue weighted by molar-refractivity contribution is 5.75. The van der Waals surface area contributed by atoms with Gasteiger partial charge in [0.1, 0.15) is 0 Å². The fourth-order valence-corrected chi connectivity index (χ4v) is 2.66. The molecule has 0 spiro atoms. The molecule has 1 aliphatic heterocycles. The number of hydrogen-bond donors (Lipinski definition) is 2. The SMILES string of the molecule is CC(NC1CCN(CC(N)=O)CC1)C1(C)CC1. The smallest absolute Gasteiger partial charge is 0.231 e. The summed E-state index contributed by atoms with van der Waals surface area (Å²) in [5, 5.41) is 3.75. The molecular weight excluding hydrogens is 214 g/mol. The Morgan fingerprint density at radius 1 is 1.47 bits per heavy atom. The molecule has 4 nitrogen and oxygen atoms in total. The van der Waals surface area contributed by atoms with Gasteiger partial charge in [-0.1, -0.05) is 6.92 Å². The minimum Gasteiger partial charge on any atom is -0.369 e. The molecule has 0 aromatic heterocycles. The zero-order chi connectivity index (χ0) is 12.5. The Morgan fingerprint density at radius 2 is 2.06 bits per heavy atom. The quantitative estimate of drug-likeness (QED) is 0.743. The van der Waals surface area contributed by atoms with Crippen molar-refractivity contribution in [2.45, 2.75) is 51.6 Å². The van der Waals surface area contributed by atoms with Crippen LogP contribution in [-0.2, 0) is 4.79 Å². The van der Waals surface area contributed by atoms with Crippen LogP contribution in [0.5, 0.6) is 0 Å². The van der Waals surface area contributed by atoms with Gasteiger partial charge in [0.2, 0.25) is 5.91 Å². The maximum atomic E-state index is 10.8. The molecule has 17 heavy (non-hydrogen) atoms. The van der Waals surface area contributed by atoms with E-state index >= 15 is 0 Å². The predicted octanol–water partition coefficient (Wildman–Crippen LogP) is 0.714. The molecule has 0 radical (unpaired) electrons. The zero-order valence-corrected chi connectivity index (χ0v) is 11.0. The second-order valence-electron chi connectivity index (χ2n) is 6.06. The van der Waals surface area contributed by atoms with Crippen molar-refractivity contribution in [1.82, 2.24) is 10.2 Å². The number of nitrogens with two attached hydrogens (primary N) is 1. The third-order valence-electron chi connectivity index (χ3n) is 4.54. The highest BCUT2D eigenvalue weighted by atomic mass is 16.1. The van der Waals surface area contributed by atoms with E-state index in [0.717, 1.165) is 25.9 Å². The first-order valence-corrected chi connectivity index (χ1v) is 6.76. The molecule has 2 fully saturated rings. The largest absolute Gasteiger partial charge is 0.369 e. The molecule has 1 unspecified atom stereocenters. The van der Waals surface area contributed by atoms with Crippen LogP contribution in [-0.4, -0.2) is 42.5 Å². The van der Waals surface area contributed by atoms with Crippen LogP contribution < -0.4 is 11.1 Å². The van der Waals surface area contributed by atoms with E-state index in [2.05, 4.69) is 24.1 Å². The van der Waals surface area contributed by atoms with E-state index in [1.54, 1.807) is 0 Å². The molecule has 1 atom stereocenters. The normalized spacial score (nSPS) is 26.7. The molecule has 1 saturated carbocycles. The maximum absolute atomic E-state index is 10.8. The Labute approximate surface area is 104 Å². The van der Waals surface area contributed by atoms with Gasteiger partial charge in [-0.3, -0.25) is 9.69 Å². The number of carbonyl (C=O) groups is 1. The summed E-state index contributed by atoms with van der Waals surface area (Å²) in [6, 6.07) is 1.24. The molecule has 4 heteroatoms. The second-order valence-corrected chi connectivity index (χ2v) is 6.06. The van der Waals surface area contributed by atoms with E-state index in [-0.39, 0.29) is 5.91 Å². The van der Waals surface area contributed by atoms with Crippen molar-refractivity contribution in [3.8, 4) is 0 Å². The Kier molecular flexibility index (Phi) is 3.73. The van der Waals surface area contributed by atoms with Gasteiger partial charge < -0.3 is 11.1 Å². The second kappa shape index (κ2) is 4.94. The molecule has 0 aromatic rings. The van der Waals surface area contributed by atoms with Crippen LogP contribution in [0.15, 0.2) is 0 Å². The number of rotatable bonds is 5. The van der Waals surface area contributed by atoms with Crippen molar-refractivity contribution in [3.63, 3.8) is 0 Å². The molecule has 1 saturated heterocycles. The highest BCUT2D eigenvalue weighted by Crippen LogP contribution is 2.48. The summed E-state index contributed by atoms with van der Waals surface area (Å²) in [5.74, 6) is -0.213. The fourth-order valence-electron chi connectivity index (χ4n) is 2.66. The summed E-state index contributed by atoms with van der Waals surface area (Å²) in [6.07, 6.45) is 4.99. The van der Waals surface area contributed by atoms with Crippen LogP contribution in [0.3, 0.4) is 0 Å². The molecule has 1 amide bonds. The molecule has 3 N–H and O–H groups in total. The van der Waals surface area contributed by atoms with E-state index in [4.69, 9.17) is 5.73 Å². The van der Waals surface area contributed by atoms with Gasteiger partial charge in [-0.15, -0.1) is 0 Å². The standard InChI is InChI=1S/C13H25N3O/c1-10(13(2)5-6-13)15-11-3-7-16(8-4-11)9-12(14)17/h10-11,15H,3-9H2,1-2H3,(H2,14,17). The minimum absolute atomic E-state index is 0.213. The van der Waals surface area contributed by atoms with Crippen LogP contribution >= 0.6 is 0 Å². The van der Waals surface area contributed by atoms with E-state index in [9.17, 15) is 4.79 Å². The van der Waals surface area contributed by atoms with E-state index < -0.39 is 0 Å². The monoisotopic (exact) mass is 239 g/mol. The van der Waals surface area contributed by atoms with Crippen LogP contribution in [0.1, 0.15) is 39.5 Å². The van der Waals surface area contributed by atoms with Gasteiger partial charge >= 0.3 is 0 Å². The van der Waals surface area contributed by atoms with Gasteiger partial charge in [0, 0.05) is 25.2 Å². The zero-order valence-electron chi connectivity index (χ0n) is 11.0. The fraction of sp³-hybridized carbons (Fsp3) is 0.923. The summed E-state index contributed by atoms with van der Waals surface area (Å²) in [7, 11) is 0. The van der Waals surface area contributed by atoms with Gasteiger partial charge in [0.25, 0.3) is 0 Å². The van der Waals surface area contributed by atoms with Gasteiger partial charge in [-0.2, -0.15) is 0 Å². The first-order chi connectivity index (χ1) is 7.99.